The maximum Gasteiger partial charge on any atom is 0.422 e. The van der Waals surface area contributed by atoms with Gasteiger partial charge in [-0.3, -0.25) is 4.79 Å². The van der Waals surface area contributed by atoms with Crippen LogP contribution in [0.2, 0.25) is 0 Å². The summed E-state index contributed by atoms with van der Waals surface area (Å²) in [5.74, 6) is 0.555. The molecule has 1 aromatic heterocycles. The Labute approximate surface area is 183 Å². The lowest BCUT2D eigenvalue weighted by Crippen LogP contribution is -2.33. The Morgan fingerprint density at radius 2 is 1.81 bits per heavy atom. The number of hydrogen-bond donors (Lipinski definition) is 1. The van der Waals surface area contributed by atoms with Gasteiger partial charge in [0.25, 0.3) is 11.9 Å². The topological polar surface area (TPSA) is 79.0 Å². The minimum Gasteiger partial charge on any atom is -0.483 e. The Morgan fingerprint density at radius 3 is 2.38 bits per heavy atom. The first-order valence-electron chi connectivity index (χ1n) is 10.5. The summed E-state index contributed by atoms with van der Waals surface area (Å²) in [6, 6.07) is 6.47. The van der Waals surface area contributed by atoms with Gasteiger partial charge in [-0.1, -0.05) is 12.1 Å². The highest BCUT2D eigenvalue weighted by Gasteiger charge is 2.44. The van der Waals surface area contributed by atoms with E-state index in [1.807, 2.05) is 4.90 Å². The molecule has 2 saturated heterocycles. The molecule has 0 saturated carbocycles. The lowest BCUT2D eigenvalue weighted by molar-refractivity contribution is -0.153. The van der Waals surface area contributed by atoms with Crippen LogP contribution in [0, 0.1) is 18.8 Å². The molecule has 2 aliphatic rings. The van der Waals surface area contributed by atoms with E-state index < -0.39 is 18.4 Å². The van der Waals surface area contributed by atoms with Crippen LogP contribution in [0.3, 0.4) is 0 Å². The van der Waals surface area contributed by atoms with Crippen molar-refractivity contribution in [1.29, 1.82) is 0 Å². The summed E-state index contributed by atoms with van der Waals surface area (Å²) >= 11 is 0. The molecule has 1 N–H and O–H groups in total. The van der Waals surface area contributed by atoms with Gasteiger partial charge in [0.1, 0.15) is 22.8 Å². The third-order valence-corrected chi connectivity index (χ3v) is 5.92. The number of aryl methyl sites for hydroxylation is 1. The Morgan fingerprint density at radius 1 is 1.19 bits per heavy atom. The summed E-state index contributed by atoms with van der Waals surface area (Å²) in [6.07, 6.45) is -4.48. The molecule has 0 aliphatic carbocycles. The molecule has 10 heteroatoms. The van der Waals surface area contributed by atoms with E-state index in [2.05, 4.69) is 4.98 Å². The van der Waals surface area contributed by atoms with Crippen molar-refractivity contribution in [2.75, 3.05) is 37.7 Å². The number of carbonyl (C=O) groups is 1. The highest BCUT2D eigenvalue weighted by molar-refractivity contribution is 5.97. The lowest BCUT2D eigenvalue weighted by atomic mass is 10.0. The number of hydrogen-bond acceptors (Lipinski definition) is 6. The van der Waals surface area contributed by atoms with Crippen LogP contribution >= 0.6 is 0 Å². The molecule has 2 aliphatic heterocycles. The maximum absolute atomic E-state index is 13.0. The molecule has 2 unspecified atom stereocenters. The van der Waals surface area contributed by atoms with Gasteiger partial charge in [0, 0.05) is 38.0 Å². The molecule has 0 spiro atoms. The molecule has 1 aromatic carbocycles. The quantitative estimate of drug-likeness (QED) is 0.748. The number of fused-ring (bicyclic) bond motifs is 1. The third-order valence-electron chi connectivity index (χ3n) is 5.92. The number of ether oxygens (including phenoxy) is 1. The van der Waals surface area contributed by atoms with Crippen LogP contribution in [-0.2, 0) is 5.60 Å². The molecule has 174 valence electrons. The predicted molar refractivity (Wildman–Crippen MR) is 110 cm³/mol. The van der Waals surface area contributed by atoms with Crippen molar-refractivity contribution in [2.45, 2.75) is 32.5 Å². The normalized spacial score (nSPS) is 21.2. The molecule has 1 amide bonds. The van der Waals surface area contributed by atoms with Crippen LogP contribution in [0.5, 0.6) is 5.75 Å². The number of likely N-dealkylation sites (tertiary alicyclic amines) is 1. The van der Waals surface area contributed by atoms with Gasteiger partial charge < -0.3 is 24.1 Å². The first-order chi connectivity index (χ1) is 14.9. The fourth-order valence-electron chi connectivity index (χ4n) is 4.50. The number of amides is 1. The number of alkyl halides is 3. The zero-order valence-electron chi connectivity index (χ0n) is 18.1. The summed E-state index contributed by atoms with van der Waals surface area (Å²) in [5, 5.41) is 10.2. The number of benzene rings is 1. The number of para-hydroxylation sites is 1. The number of rotatable bonds is 5. The second-order valence-corrected chi connectivity index (χ2v) is 9.00. The number of nitrogens with zero attached hydrogens (tertiary/aromatic N) is 3. The highest BCUT2D eigenvalue weighted by atomic mass is 19.4. The molecule has 2 fully saturated rings. The highest BCUT2D eigenvalue weighted by Crippen LogP contribution is 2.36. The van der Waals surface area contributed by atoms with Crippen LogP contribution in [0.25, 0.3) is 0 Å². The molecule has 4 rings (SSSR count). The van der Waals surface area contributed by atoms with E-state index in [0.717, 1.165) is 0 Å². The summed E-state index contributed by atoms with van der Waals surface area (Å²) in [6.45, 7) is 5.90. The van der Waals surface area contributed by atoms with Crippen LogP contribution < -0.4 is 9.64 Å². The number of halogens is 3. The van der Waals surface area contributed by atoms with E-state index in [1.165, 1.54) is 12.1 Å². The van der Waals surface area contributed by atoms with Gasteiger partial charge in [0.05, 0.1) is 5.56 Å². The van der Waals surface area contributed by atoms with Crippen LogP contribution in [0.15, 0.2) is 28.7 Å². The van der Waals surface area contributed by atoms with E-state index in [-0.39, 0.29) is 29.1 Å². The Kier molecular flexibility index (Phi) is 5.60. The molecule has 0 radical (unpaired) electrons. The number of aromatic nitrogens is 1. The molecule has 0 bridgehead atoms. The van der Waals surface area contributed by atoms with E-state index in [9.17, 15) is 23.1 Å². The van der Waals surface area contributed by atoms with Crippen molar-refractivity contribution in [3.05, 3.63) is 41.3 Å². The fourth-order valence-corrected chi connectivity index (χ4v) is 4.50. The average Bonchev–Trinajstić information content (AvgIpc) is 3.37. The van der Waals surface area contributed by atoms with Crippen LogP contribution in [0.4, 0.5) is 19.2 Å². The van der Waals surface area contributed by atoms with Gasteiger partial charge in [-0.05, 0) is 32.9 Å². The molecule has 2 atom stereocenters. The average molecular weight is 453 g/mol. The van der Waals surface area contributed by atoms with Crippen molar-refractivity contribution >= 4 is 11.9 Å². The smallest absolute Gasteiger partial charge is 0.422 e. The fraction of sp³-hybridized carbons (Fsp3) is 0.545. The van der Waals surface area contributed by atoms with Crippen molar-refractivity contribution in [3.63, 3.8) is 0 Å². The number of oxazole rings is 1. The number of aliphatic hydroxyl groups is 1. The van der Waals surface area contributed by atoms with Gasteiger partial charge in [-0.25, -0.2) is 0 Å². The second kappa shape index (κ2) is 7.99. The Hall–Kier alpha value is -2.75. The summed E-state index contributed by atoms with van der Waals surface area (Å²) in [7, 11) is 0. The van der Waals surface area contributed by atoms with Crippen molar-refractivity contribution in [3.8, 4) is 5.75 Å². The van der Waals surface area contributed by atoms with Gasteiger partial charge in [-0.15, -0.1) is 0 Å². The molecule has 2 aromatic rings. The van der Waals surface area contributed by atoms with Crippen LogP contribution in [0.1, 0.15) is 35.7 Å². The largest absolute Gasteiger partial charge is 0.483 e. The van der Waals surface area contributed by atoms with Gasteiger partial charge in [0.15, 0.2) is 6.61 Å². The third kappa shape index (κ3) is 4.55. The van der Waals surface area contributed by atoms with E-state index in [1.54, 1.807) is 37.8 Å². The summed E-state index contributed by atoms with van der Waals surface area (Å²) < 4.78 is 48.3. The molecule has 32 heavy (non-hydrogen) atoms. The molecular weight excluding hydrogens is 427 g/mol. The Bertz CT molecular complexity index is 985. The van der Waals surface area contributed by atoms with Gasteiger partial charge >= 0.3 is 6.18 Å². The van der Waals surface area contributed by atoms with Crippen molar-refractivity contribution < 1.29 is 32.2 Å². The zero-order valence-corrected chi connectivity index (χ0v) is 18.1. The zero-order chi connectivity index (χ0) is 23.3. The summed E-state index contributed by atoms with van der Waals surface area (Å²) in [5.41, 5.74) is -0.477. The monoisotopic (exact) mass is 453 g/mol. The minimum absolute atomic E-state index is 0.0667. The van der Waals surface area contributed by atoms with Crippen molar-refractivity contribution in [2.24, 2.45) is 11.8 Å². The second-order valence-electron chi connectivity index (χ2n) is 9.00. The Balaban J connectivity index is 1.42. The number of anilines is 1. The van der Waals surface area contributed by atoms with Gasteiger partial charge in [-0.2, -0.15) is 18.2 Å². The maximum atomic E-state index is 13.0. The van der Waals surface area contributed by atoms with Crippen molar-refractivity contribution in [1.82, 2.24) is 9.88 Å². The predicted octanol–water partition coefficient (Wildman–Crippen LogP) is 3.36. The van der Waals surface area contributed by atoms with E-state index >= 15 is 0 Å². The van der Waals surface area contributed by atoms with E-state index in [0.29, 0.717) is 43.6 Å². The SMILES string of the molecule is Cc1oc(N2CC3CN(C(=O)c4ccccc4OCC(F)(F)F)CC3C2)nc1C(C)(C)O. The minimum atomic E-state index is -4.48. The summed E-state index contributed by atoms with van der Waals surface area (Å²) in [4.78, 5) is 21.2. The van der Waals surface area contributed by atoms with Crippen LogP contribution in [-0.4, -0.2) is 59.9 Å². The van der Waals surface area contributed by atoms with Gasteiger partial charge in [0.2, 0.25) is 0 Å². The van der Waals surface area contributed by atoms with E-state index in [4.69, 9.17) is 9.15 Å². The first-order valence-corrected chi connectivity index (χ1v) is 10.5. The molecule has 7 nitrogen and oxygen atoms in total. The first kappa shape index (κ1) is 22.4. The number of carbonyl (C=O) groups excluding carboxylic acids is 1. The lowest BCUT2D eigenvalue weighted by Gasteiger charge is -2.22. The molecular formula is C22H26F3N3O4. The standard InChI is InChI=1S/C22H26F3N3O4/c1-13-18(21(2,3)30)26-20(32-13)28-10-14-8-27(9-15(14)11-28)19(29)16-6-4-5-7-17(16)31-12-22(23,24)25/h4-7,14-15,30H,8-12H2,1-3H3. The molecule has 3 heterocycles.